The summed E-state index contributed by atoms with van der Waals surface area (Å²) >= 11 is 0. The molecular weight excluding hydrogens is 232 g/mol. The summed E-state index contributed by atoms with van der Waals surface area (Å²) in [6.07, 6.45) is 0.741. The van der Waals surface area contributed by atoms with Crippen LogP contribution in [0.5, 0.6) is 0 Å². The second-order valence-electron chi connectivity index (χ2n) is 4.55. The van der Waals surface area contributed by atoms with Crippen molar-refractivity contribution < 1.29 is 14.4 Å². The molecule has 5 heteroatoms. The number of likely N-dealkylation sites (N-methyl/N-ethyl adjacent to an activating group) is 1. The molecule has 3 amide bonds. The monoisotopic (exact) mass is 252 g/mol. The predicted molar refractivity (Wildman–Crippen MR) is 67.6 cm³/mol. The van der Waals surface area contributed by atoms with Gasteiger partial charge in [0.05, 0.1) is 0 Å². The lowest BCUT2D eigenvalue weighted by atomic mass is 10.2. The molecule has 0 atom stereocenters. The maximum atomic E-state index is 11.9. The van der Waals surface area contributed by atoms with E-state index in [4.69, 9.17) is 0 Å². The second-order valence-corrected chi connectivity index (χ2v) is 4.55. The molecule has 0 bridgehead atoms. The first-order chi connectivity index (χ1) is 8.45. The Balaban J connectivity index is 2.46. The molecule has 0 aromatic carbocycles. The number of imide groups is 1. The highest BCUT2D eigenvalue weighted by molar-refractivity contribution is 6.02. The van der Waals surface area contributed by atoms with Gasteiger partial charge in [0.2, 0.25) is 17.7 Å². The van der Waals surface area contributed by atoms with Gasteiger partial charge in [0.15, 0.2) is 0 Å². The van der Waals surface area contributed by atoms with Crippen LogP contribution in [0.2, 0.25) is 0 Å². The fourth-order valence-corrected chi connectivity index (χ4v) is 1.94. The standard InChI is InChI=1S/C13H20N2O3/c1-4-14(9-10(2)3)11(16)7-8-15-12(17)5-6-13(15)18/h2,4-9H2,1,3H3. The van der Waals surface area contributed by atoms with Crippen molar-refractivity contribution in [3.63, 3.8) is 0 Å². The molecule has 1 rings (SSSR count). The lowest BCUT2D eigenvalue weighted by Crippen LogP contribution is -2.37. The van der Waals surface area contributed by atoms with Crippen molar-refractivity contribution in [2.75, 3.05) is 19.6 Å². The Morgan fingerprint density at radius 3 is 2.33 bits per heavy atom. The van der Waals surface area contributed by atoms with E-state index in [0.717, 1.165) is 5.57 Å². The minimum atomic E-state index is -0.171. The van der Waals surface area contributed by atoms with Gasteiger partial charge in [-0.05, 0) is 13.8 Å². The molecule has 1 aliphatic heterocycles. The minimum Gasteiger partial charge on any atom is -0.339 e. The summed E-state index contributed by atoms with van der Waals surface area (Å²) in [5.41, 5.74) is 0.915. The number of rotatable bonds is 6. The topological polar surface area (TPSA) is 57.7 Å². The van der Waals surface area contributed by atoms with E-state index in [1.54, 1.807) is 4.90 Å². The van der Waals surface area contributed by atoms with Crippen molar-refractivity contribution >= 4 is 17.7 Å². The highest BCUT2D eigenvalue weighted by Crippen LogP contribution is 2.12. The summed E-state index contributed by atoms with van der Waals surface area (Å²) in [5, 5.41) is 0. The molecule has 0 unspecified atom stereocenters. The van der Waals surface area contributed by atoms with Gasteiger partial charge in [-0.1, -0.05) is 12.2 Å². The molecule has 1 heterocycles. The molecule has 18 heavy (non-hydrogen) atoms. The number of nitrogens with zero attached hydrogens (tertiary/aromatic N) is 2. The van der Waals surface area contributed by atoms with Gasteiger partial charge in [-0.15, -0.1) is 0 Å². The highest BCUT2D eigenvalue weighted by atomic mass is 16.2. The molecule has 5 nitrogen and oxygen atoms in total. The van der Waals surface area contributed by atoms with Crippen LogP contribution in [0.1, 0.15) is 33.1 Å². The number of likely N-dealkylation sites (tertiary alicyclic amines) is 1. The summed E-state index contributed by atoms with van der Waals surface area (Å²) in [5.74, 6) is -0.389. The summed E-state index contributed by atoms with van der Waals surface area (Å²) in [4.78, 5) is 37.5. The van der Waals surface area contributed by atoms with Gasteiger partial charge in [-0.2, -0.15) is 0 Å². The molecular formula is C13H20N2O3. The molecule has 0 aliphatic carbocycles. The van der Waals surface area contributed by atoms with E-state index in [1.807, 2.05) is 13.8 Å². The Morgan fingerprint density at radius 2 is 1.89 bits per heavy atom. The van der Waals surface area contributed by atoms with Crippen molar-refractivity contribution in [2.45, 2.75) is 33.1 Å². The van der Waals surface area contributed by atoms with Crippen LogP contribution in [0, 0.1) is 0 Å². The van der Waals surface area contributed by atoms with E-state index in [1.165, 1.54) is 4.90 Å². The molecule has 0 radical (unpaired) electrons. The van der Waals surface area contributed by atoms with Gasteiger partial charge in [-0.25, -0.2) is 0 Å². The smallest absolute Gasteiger partial charge is 0.229 e. The zero-order valence-electron chi connectivity index (χ0n) is 11.1. The number of amides is 3. The van der Waals surface area contributed by atoms with Gasteiger partial charge in [-0.3, -0.25) is 19.3 Å². The van der Waals surface area contributed by atoms with E-state index < -0.39 is 0 Å². The van der Waals surface area contributed by atoms with Crippen LogP contribution < -0.4 is 0 Å². The van der Waals surface area contributed by atoms with Crippen molar-refractivity contribution in [3.05, 3.63) is 12.2 Å². The predicted octanol–water partition coefficient (Wildman–Crippen LogP) is 0.950. The maximum absolute atomic E-state index is 11.9. The van der Waals surface area contributed by atoms with E-state index in [9.17, 15) is 14.4 Å². The zero-order valence-corrected chi connectivity index (χ0v) is 11.1. The number of carbonyl (C=O) groups is 3. The Morgan fingerprint density at radius 1 is 1.33 bits per heavy atom. The number of hydrogen-bond donors (Lipinski definition) is 0. The third-order valence-corrected chi connectivity index (χ3v) is 2.90. The molecule has 0 aromatic rings. The van der Waals surface area contributed by atoms with Crippen LogP contribution in [0.4, 0.5) is 0 Å². The zero-order chi connectivity index (χ0) is 13.7. The van der Waals surface area contributed by atoms with Crippen molar-refractivity contribution in [3.8, 4) is 0 Å². The maximum Gasteiger partial charge on any atom is 0.229 e. The average molecular weight is 252 g/mol. The quantitative estimate of drug-likeness (QED) is 0.522. The second kappa shape index (κ2) is 6.33. The largest absolute Gasteiger partial charge is 0.339 e. The van der Waals surface area contributed by atoms with E-state index in [-0.39, 0.29) is 43.5 Å². The molecule has 1 saturated heterocycles. The number of hydrogen-bond acceptors (Lipinski definition) is 3. The summed E-state index contributed by atoms with van der Waals surface area (Å²) < 4.78 is 0. The van der Waals surface area contributed by atoms with Gasteiger partial charge < -0.3 is 4.90 Å². The number of carbonyl (C=O) groups excluding carboxylic acids is 3. The summed E-state index contributed by atoms with van der Waals surface area (Å²) in [6, 6.07) is 0. The van der Waals surface area contributed by atoms with Crippen LogP contribution in [-0.4, -0.2) is 47.2 Å². The Kier molecular flexibility index (Phi) is 5.07. The fraction of sp³-hybridized carbons (Fsp3) is 0.615. The van der Waals surface area contributed by atoms with Gasteiger partial charge >= 0.3 is 0 Å². The first-order valence-electron chi connectivity index (χ1n) is 6.21. The highest BCUT2D eigenvalue weighted by Gasteiger charge is 2.29. The lowest BCUT2D eigenvalue weighted by molar-refractivity contribution is -0.139. The van der Waals surface area contributed by atoms with Crippen molar-refractivity contribution in [1.82, 2.24) is 9.80 Å². The Hall–Kier alpha value is -1.65. The summed E-state index contributed by atoms with van der Waals surface area (Å²) in [6.45, 7) is 8.86. The third kappa shape index (κ3) is 3.68. The SMILES string of the molecule is C=C(C)CN(CC)C(=O)CCN1C(=O)CCC1=O. The fourth-order valence-electron chi connectivity index (χ4n) is 1.94. The van der Waals surface area contributed by atoms with Crippen LogP contribution in [0.25, 0.3) is 0 Å². The van der Waals surface area contributed by atoms with E-state index in [0.29, 0.717) is 13.1 Å². The molecule has 1 fully saturated rings. The van der Waals surface area contributed by atoms with Crippen molar-refractivity contribution in [1.29, 1.82) is 0 Å². The molecule has 0 N–H and O–H groups in total. The Bertz CT molecular complexity index is 360. The van der Waals surface area contributed by atoms with Gasteiger partial charge in [0.25, 0.3) is 0 Å². The molecule has 1 aliphatic rings. The minimum absolute atomic E-state index is 0.0481. The average Bonchev–Trinajstić information content (AvgIpc) is 2.63. The van der Waals surface area contributed by atoms with E-state index in [2.05, 4.69) is 6.58 Å². The molecule has 0 aromatic heterocycles. The summed E-state index contributed by atoms with van der Waals surface area (Å²) in [7, 11) is 0. The third-order valence-electron chi connectivity index (χ3n) is 2.90. The molecule has 100 valence electrons. The van der Waals surface area contributed by atoms with Crippen molar-refractivity contribution in [2.24, 2.45) is 0 Å². The lowest BCUT2D eigenvalue weighted by Gasteiger charge is -2.22. The Labute approximate surface area is 107 Å². The first kappa shape index (κ1) is 14.4. The van der Waals surface area contributed by atoms with E-state index >= 15 is 0 Å². The van der Waals surface area contributed by atoms with Crippen LogP contribution in [-0.2, 0) is 14.4 Å². The van der Waals surface area contributed by atoms with Crippen LogP contribution >= 0.6 is 0 Å². The van der Waals surface area contributed by atoms with Gasteiger partial charge in [0, 0.05) is 38.9 Å². The normalized spacial score (nSPS) is 15.1. The van der Waals surface area contributed by atoms with Crippen LogP contribution in [0.3, 0.4) is 0 Å². The van der Waals surface area contributed by atoms with Crippen LogP contribution in [0.15, 0.2) is 12.2 Å². The molecule has 0 spiro atoms. The first-order valence-corrected chi connectivity index (χ1v) is 6.21. The molecule has 0 saturated carbocycles. The van der Waals surface area contributed by atoms with Gasteiger partial charge in [0.1, 0.15) is 0 Å².